The average molecular weight is 194 g/mol. The van der Waals surface area contributed by atoms with Gasteiger partial charge in [-0.05, 0) is 40.5 Å². The summed E-state index contributed by atoms with van der Waals surface area (Å²) in [5, 5.41) is 0. The zero-order valence-electron chi connectivity index (χ0n) is 9.44. The molecule has 0 saturated heterocycles. The number of carbonyl (C=O) groups is 1. The number of carbonyl (C=O) groups excluding carboxylic acids is 1. The summed E-state index contributed by atoms with van der Waals surface area (Å²) >= 11 is 0. The highest BCUT2D eigenvalue weighted by Gasteiger charge is 2.29. The molecule has 1 aliphatic rings. The van der Waals surface area contributed by atoms with Crippen LogP contribution in [-0.4, -0.2) is 11.6 Å². The Morgan fingerprint density at radius 2 is 1.93 bits per heavy atom. The number of hydrogen-bond acceptors (Lipinski definition) is 2. The highest BCUT2D eigenvalue weighted by molar-refractivity contribution is 5.88. The molecular formula is C12H18O2. The van der Waals surface area contributed by atoms with Crippen LogP contribution in [0.5, 0.6) is 0 Å². The third-order valence-electron chi connectivity index (χ3n) is 2.32. The lowest BCUT2D eigenvalue weighted by Crippen LogP contribution is -2.25. The summed E-state index contributed by atoms with van der Waals surface area (Å²) in [6, 6.07) is 0. The molecule has 0 aromatic heterocycles. The van der Waals surface area contributed by atoms with Crippen LogP contribution in [0.3, 0.4) is 0 Å². The van der Waals surface area contributed by atoms with Crippen molar-refractivity contribution in [3.05, 3.63) is 0 Å². The molecule has 0 N–H and O–H groups in total. The van der Waals surface area contributed by atoms with E-state index in [1.807, 2.05) is 20.8 Å². The molecule has 78 valence electrons. The van der Waals surface area contributed by atoms with Gasteiger partial charge in [-0.1, -0.05) is 12.3 Å². The second kappa shape index (κ2) is 3.65. The third kappa shape index (κ3) is 3.41. The first kappa shape index (κ1) is 11.1. The molecular weight excluding hydrogens is 176 g/mol. The number of esters is 1. The van der Waals surface area contributed by atoms with Crippen molar-refractivity contribution in [2.24, 2.45) is 5.41 Å². The van der Waals surface area contributed by atoms with E-state index >= 15 is 0 Å². The first-order chi connectivity index (χ1) is 6.31. The fourth-order valence-electron chi connectivity index (χ4n) is 1.34. The lowest BCUT2D eigenvalue weighted by atomic mass is 9.71. The first-order valence-electron chi connectivity index (χ1n) is 5.07. The molecule has 1 aliphatic carbocycles. The second-order valence-electron chi connectivity index (χ2n) is 5.17. The summed E-state index contributed by atoms with van der Waals surface area (Å²) in [4.78, 5) is 11.2. The van der Waals surface area contributed by atoms with Gasteiger partial charge < -0.3 is 4.74 Å². The molecule has 1 rings (SSSR count). The van der Waals surface area contributed by atoms with Crippen molar-refractivity contribution in [2.45, 2.75) is 52.6 Å². The lowest BCUT2D eigenvalue weighted by molar-refractivity contribution is -0.147. The van der Waals surface area contributed by atoms with Crippen molar-refractivity contribution in [3.8, 4) is 11.8 Å². The Labute approximate surface area is 86.0 Å². The molecule has 0 aliphatic heterocycles. The summed E-state index contributed by atoms with van der Waals surface area (Å²) in [7, 11) is 0. The van der Waals surface area contributed by atoms with Gasteiger partial charge in [0.15, 0.2) is 0 Å². The molecule has 2 nitrogen and oxygen atoms in total. The molecule has 0 heterocycles. The normalized spacial score (nSPS) is 18.9. The van der Waals surface area contributed by atoms with Gasteiger partial charge in [-0.25, -0.2) is 4.79 Å². The van der Waals surface area contributed by atoms with Crippen molar-refractivity contribution in [1.82, 2.24) is 0 Å². The van der Waals surface area contributed by atoms with Crippen molar-refractivity contribution >= 4 is 5.97 Å². The number of ether oxygens (including phenoxy) is 1. The predicted molar refractivity (Wildman–Crippen MR) is 55.6 cm³/mol. The van der Waals surface area contributed by atoms with Crippen LogP contribution in [0.25, 0.3) is 0 Å². The monoisotopic (exact) mass is 194 g/mol. The van der Waals surface area contributed by atoms with Gasteiger partial charge in [0.05, 0.1) is 0 Å². The summed E-state index contributed by atoms with van der Waals surface area (Å²) in [5.74, 6) is 5.15. The van der Waals surface area contributed by atoms with Gasteiger partial charge in [0.2, 0.25) is 0 Å². The van der Waals surface area contributed by atoms with Crippen LogP contribution in [-0.2, 0) is 9.53 Å². The molecule has 0 aromatic rings. The van der Waals surface area contributed by atoms with E-state index in [4.69, 9.17) is 4.74 Å². The lowest BCUT2D eigenvalue weighted by Gasteiger charge is -2.32. The topological polar surface area (TPSA) is 26.3 Å². The SMILES string of the molecule is CC1(C#CC(=O)OC(C)(C)C)CCC1. The molecule has 0 unspecified atom stereocenters. The van der Waals surface area contributed by atoms with E-state index in [9.17, 15) is 4.79 Å². The number of rotatable bonds is 0. The molecule has 0 amide bonds. The first-order valence-corrected chi connectivity index (χ1v) is 5.07. The Kier molecular flexibility index (Phi) is 2.89. The van der Waals surface area contributed by atoms with E-state index in [1.165, 1.54) is 6.42 Å². The molecule has 1 fully saturated rings. The standard InChI is InChI=1S/C12H18O2/c1-11(2,3)14-10(13)6-9-12(4)7-5-8-12/h5,7-8H2,1-4H3. The fourth-order valence-corrected chi connectivity index (χ4v) is 1.34. The van der Waals surface area contributed by atoms with Gasteiger partial charge in [-0.2, -0.15) is 0 Å². The van der Waals surface area contributed by atoms with Crippen LogP contribution in [0.2, 0.25) is 0 Å². The second-order valence-corrected chi connectivity index (χ2v) is 5.17. The highest BCUT2D eigenvalue weighted by atomic mass is 16.6. The van der Waals surface area contributed by atoms with Crippen LogP contribution in [0.1, 0.15) is 47.0 Å². The average Bonchev–Trinajstić information content (AvgIpc) is 1.94. The Bertz CT molecular complexity index is 282. The van der Waals surface area contributed by atoms with Crippen molar-refractivity contribution in [3.63, 3.8) is 0 Å². The van der Waals surface area contributed by atoms with Gasteiger partial charge >= 0.3 is 5.97 Å². The van der Waals surface area contributed by atoms with E-state index in [0.717, 1.165) is 12.8 Å². The van der Waals surface area contributed by atoms with Gasteiger partial charge in [-0.3, -0.25) is 0 Å². The maximum Gasteiger partial charge on any atom is 0.384 e. The van der Waals surface area contributed by atoms with E-state index < -0.39 is 11.6 Å². The maximum atomic E-state index is 11.2. The third-order valence-corrected chi connectivity index (χ3v) is 2.32. The van der Waals surface area contributed by atoms with Crippen LogP contribution < -0.4 is 0 Å². The largest absolute Gasteiger partial charge is 0.450 e. The van der Waals surface area contributed by atoms with E-state index in [-0.39, 0.29) is 5.41 Å². The molecule has 1 saturated carbocycles. The van der Waals surface area contributed by atoms with Gasteiger partial charge in [0.25, 0.3) is 0 Å². The van der Waals surface area contributed by atoms with Gasteiger partial charge in [0, 0.05) is 11.3 Å². The predicted octanol–water partition coefficient (Wildman–Crippen LogP) is 2.52. The zero-order valence-corrected chi connectivity index (χ0v) is 9.44. The van der Waals surface area contributed by atoms with Crippen LogP contribution in [0.15, 0.2) is 0 Å². The molecule has 0 bridgehead atoms. The summed E-state index contributed by atoms with van der Waals surface area (Å²) in [6.45, 7) is 7.63. The zero-order chi connectivity index (χ0) is 10.8. The van der Waals surface area contributed by atoms with E-state index in [2.05, 4.69) is 18.8 Å². The fraction of sp³-hybridized carbons (Fsp3) is 0.750. The van der Waals surface area contributed by atoms with Gasteiger partial charge in [0.1, 0.15) is 5.60 Å². The smallest absolute Gasteiger partial charge is 0.384 e. The van der Waals surface area contributed by atoms with Gasteiger partial charge in [-0.15, -0.1) is 0 Å². The summed E-state index contributed by atoms with van der Waals surface area (Å²) < 4.78 is 5.09. The Hall–Kier alpha value is -0.970. The molecule has 0 spiro atoms. The molecule has 0 aromatic carbocycles. The molecule has 14 heavy (non-hydrogen) atoms. The maximum absolute atomic E-state index is 11.2. The van der Waals surface area contributed by atoms with E-state index in [0.29, 0.717) is 0 Å². The van der Waals surface area contributed by atoms with Crippen LogP contribution >= 0.6 is 0 Å². The van der Waals surface area contributed by atoms with Crippen LogP contribution in [0, 0.1) is 17.3 Å². The highest BCUT2D eigenvalue weighted by Crippen LogP contribution is 2.39. The van der Waals surface area contributed by atoms with Crippen molar-refractivity contribution in [2.75, 3.05) is 0 Å². The Morgan fingerprint density at radius 3 is 2.29 bits per heavy atom. The Balaban J connectivity index is 2.47. The minimum atomic E-state index is -0.438. The number of hydrogen-bond donors (Lipinski definition) is 0. The Morgan fingerprint density at radius 1 is 1.36 bits per heavy atom. The van der Waals surface area contributed by atoms with Crippen LogP contribution in [0.4, 0.5) is 0 Å². The van der Waals surface area contributed by atoms with E-state index in [1.54, 1.807) is 0 Å². The van der Waals surface area contributed by atoms with Crippen molar-refractivity contribution < 1.29 is 9.53 Å². The molecule has 0 radical (unpaired) electrons. The minimum absolute atomic E-state index is 0.0664. The summed E-state index contributed by atoms with van der Waals surface area (Å²) in [6.07, 6.45) is 3.42. The summed E-state index contributed by atoms with van der Waals surface area (Å²) in [5.41, 5.74) is -0.372. The quantitative estimate of drug-likeness (QED) is 0.336. The molecule has 2 heteroatoms. The minimum Gasteiger partial charge on any atom is -0.450 e. The molecule has 0 atom stereocenters. The van der Waals surface area contributed by atoms with Crippen molar-refractivity contribution in [1.29, 1.82) is 0 Å².